The molecule has 1 aliphatic rings. The van der Waals surface area contributed by atoms with E-state index in [9.17, 15) is 0 Å². The fraction of sp³-hybridized carbons (Fsp3) is 0.778. The monoisotopic (exact) mass is 213 g/mol. The summed E-state index contributed by atoms with van der Waals surface area (Å²) in [6, 6.07) is 0. The highest BCUT2D eigenvalue weighted by atomic mass is 32.1. The van der Waals surface area contributed by atoms with Crippen molar-refractivity contribution in [2.75, 3.05) is 12.8 Å². The van der Waals surface area contributed by atoms with Gasteiger partial charge < -0.3 is 10.5 Å². The summed E-state index contributed by atoms with van der Waals surface area (Å²) in [5.74, 6) is 0.780. The molecule has 5 heteroatoms. The number of nitrogens with zero attached hydrogens (tertiary/aromatic N) is 2. The first kappa shape index (κ1) is 9.86. The van der Waals surface area contributed by atoms with Gasteiger partial charge in [-0.3, -0.25) is 0 Å². The van der Waals surface area contributed by atoms with Gasteiger partial charge >= 0.3 is 0 Å². The van der Waals surface area contributed by atoms with Gasteiger partial charge in [-0.05, 0) is 12.8 Å². The van der Waals surface area contributed by atoms with E-state index in [0.29, 0.717) is 5.13 Å². The van der Waals surface area contributed by atoms with Crippen LogP contribution in [0.1, 0.15) is 37.9 Å². The van der Waals surface area contributed by atoms with E-state index >= 15 is 0 Å². The Bertz CT molecular complexity index is 307. The number of hydrogen-bond donors (Lipinski definition) is 1. The zero-order valence-electron chi connectivity index (χ0n) is 8.32. The molecule has 0 spiro atoms. The molecule has 0 saturated heterocycles. The molecule has 1 heterocycles. The molecule has 0 atom stereocenters. The van der Waals surface area contributed by atoms with Crippen LogP contribution in [0.3, 0.4) is 0 Å². The molecule has 0 unspecified atom stereocenters. The van der Waals surface area contributed by atoms with Crippen LogP contribution in [0.25, 0.3) is 0 Å². The van der Waals surface area contributed by atoms with E-state index in [0.717, 1.165) is 18.7 Å². The van der Waals surface area contributed by atoms with Crippen LogP contribution in [0.2, 0.25) is 0 Å². The van der Waals surface area contributed by atoms with Crippen LogP contribution in [0.15, 0.2) is 0 Å². The molecule has 0 bridgehead atoms. The first-order valence-corrected chi connectivity index (χ1v) is 5.69. The van der Waals surface area contributed by atoms with Gasteiger partial charge in [0.15, 0.2) is 11.0 Å². The van der Waals surface area contributed by atoms with Gasteiger partial charge in [0.25, 0.3) is 0 Å². The van der Waals surface area contributed by atoms with Crippen LogP contribution in [0.5, 0.6) is 0 Å². The second-order valence-corrected chi connectivity index (χ2v) is 4.50. The topological polar surface area (TPSA) is 61.0 Å². The lowest BCUT2D eigenvalue weighted by Gasteiger charge is -2.33. The molecule has 4 nitrogen and oxygen atoms in total. The minimum Gasteiger partial charge on any atom is -0.374 e. The molecule has 1 aromatic rings. The summed E-state index contributed by atoms with van der Waals surface area (Å²) >= 11 is 1.25. The lowest BCUT2D eigenvalue weighted by atomic mass is 9.84. The molecule has 2 rings (SSSR count). The van der Waals surface area contributed by atoms with Crippen LogP contribution in [-0.2, 0) is 10.3 Å². The van der Waals surface area contributed by atoms with E-state index in [1.165, 1.54) is 30.8 Å². The van der Waals surface area contributed by atoms with Crippen molar-refractivity contribution in [3.8, 4) is 0 Å². The molecule has 0 radical (unpaired) electrons. The van der Waals surface area contributed by atoms with Gasteiger partial charge in [0, 0.05) is 18.6 Å². The minimum atomic E-state index is -0.258. The predicted molar refractivity (Wildman–Crippen MR) is 56.1 cm³/mol. The maximum atomic E-state index is 5.60. The minimum absolute atomic E-state index is 0.258. The highest BCUT2D eigenvalue weighted by Crippen LogP contribution is 2.39. The molecule has 14 heavy (non-hydrogen) atoms. The normalized spacial score (nSPS) is 20.9. The zero-order chi connectivity index (χ0) is 10.0. The molecule has 0 amide bonds. The Morgan fingerprint density at radius 1 is 1.36 bits per heavy atom. The van der Waals surface area contributed by atoms with Crippen molar-refractivity contribution in [3.63, 3.8) is 0 Å². The van der Waals surface area contributed by atoms with Gasteiger partial charge in [-0.25, -0.2) is 4.98 Å². The Balaban J connectivity index is 2.26. The first-order chi connectivity index (χ1) is 6.77. The molecule has 2 N–H and O–H groups in total. The molecule has 0 aromatic carbocycles. The zero-order valence-corrected chi connectivity index (χ0v) is 9.14. The van der Waals surface area contributed by atoms with Crippen molar-refractivity contribution < 1.29 is 4.74 Å². The van der Waals surface area contributed by atoms with E-state index in [1.807, 2.05) is 0 Å². The van der Waals surface area contributed by atoms with Gasteiger partial charge in [-0.1, -0.05) is 19.3 Å². The molecule has 1 aromatic heterocycles. The third-order valence-electron chi connectivity index (χ3n) is 2.90. The number of rotatable bonds is 2. The van der Waals surface area contributed by atoms with Gasteiger partial charge in [0.1, 0.15) is 5.60 Å². The summed E-state index contributed by atoms with van der Waals surface area (Å²) in [7, 11) is 1.74. The number of aromatic nitrogens is 2. The highest BCUT2D eigenvalue weighted by Gasteiger charge is 2.37. The van der Waals surface area contributed by atoms with Crippen LogP contribution in [0.4, 0.5) is 5.13 Å². The predicted octanol–water partition coefficient (Wildman–Crippen LogP) is 1.93. The van der Waals surface area contributed by atoms with E-state index in [1.54, 1.807) is 7.11 Å². The van der Waals surface area contributed by atoms with Crippen molar-refractivity contribution in [2.24, 2.45) is 0 Å². The lowest BCUT2D eigenvalue weighted by molar-refractivity contribution is -0.0505. The summed E-state index contributed by atoms with van der Waals surface area (Å²) in [6.07, 6.45) is 5.68. The summed E-state index contributed by atoms with van der Waals surface area (Å²) in [4.78, 5) is 4.24. The summed E-state index contributed by atoms with van der Waals surface area (Å²) < 4.78 is 9.87. The van der Waals surface area contributed by atoms with Crippen LogP contribution >= 0.6 is 11.5 Å². The molecule has 1 saturated carbocycles. The molecule has 1 fully saturated rings. The smallest absolute Gasteiger partial charge is 0.200 e. The Morgan fingerprint density at radius 3 is 2.57 bits per heavy atom. The molecular formula is C9H15N3OS. The maximum absolute atomic E-state index is 5.60. The van der Waals surface area contributed by atoms with Crippen molar-refractivity contribution >= 4 is 16.7 Å². The van der Waals surface area contributed by atoms with Crippen LogP contribution < -0.4 is 5.73 Å². The van der Waals surface area contributed by atoms with Gasteiger partial charge in [0.05, 0.1) is 0 Å². The number of nitrogen functional groups attached to an aromatic ring is 1. The molecular weight excluding hydrogens is 198 g/mol. The number of methoxy groups -OCH3 is 1. The number of anilines is 1. The summed E-state index contributed by atoms with van der Waals surface area (Å²) in [6.45, 7) is 0. The number of hydrogen-bond acceptors (Lipinski definition) is 5. The average molecular weight is 213 g/mol. The largest absolute Gasteiger partial charge is 0.374 e. The standard InChI is InChI=1S/C9H15N3OS/c1-13-9(5-3-2-4-6-9)7-11-8(10)14-12-7/h2-6H2,1H3,(H2,10,11,12). The molecule has 78 valence electrons. The third-order valence-corrected chi connectivity index (χ3v) is 3.44. The summed E-state index contributed by atoms with van der Waals surface area (Å²) in [5, 5.41) is 0.530. The summed E-state index contributed by atoms with van der Waals surface area (Å²) in [5.41, 5.74) is 5.33. The Hall–Kier alpha value is -0.680. The van der Waals surface area contributed by atoms with Crippen molar-refractivity contribution in [1.29, 1.82) is 0 Å². The quantitative estimate of drug-likeness (QED) is 0.815. The third kappa shape index (κ3) is 1.62. The van der Waals surface area contributed by atoms with Gasteiger partial charge in [0.2, 0.25) is 0 Å². The number of nitrogens with two attached hydrogens (primary N) is 1. The van der Waals surface area contributed by atoms with Gasteiger partial charge in [-0.15, -0.1) is 0 Å². The first-order valence-electron chi connectivity index (χ1n) is 4.92. The van der Waals surface area contributed by atoms with Gasteiger partial charge in [-0.2, -0.15) is 4.37 Å². The Morgan fingerprint density at radius 2 is 2.07 bits per heavy atom. The second kappa shape index (κ2) is 3.82. The fourth-order valence-corrected chi connectivity index (χ4v) is 2.58. The Labute approximate surface area is 87.7 Å². The highest BCUT2D eigenvalue weighted by molar-refractivity contribution is 7.09. The molecule has 0 aliphatic heterocycles. The van der Waals surface area contributed by atoms with E-state index < -0.39 is 0 Å². The second-order valence-electron chi connectivity index (χ2n) is 3.72. The van der Waals surface area contributed by atoms with Crippen molar-refractivity contribution in [2.45, 2.75) is 37.7 Å². The average Bonchev–Trinajstić information content (AvgIpc) is 2.66. The van der Waals surface area contributed by atoms with E-state index in [4.69, 9.17) is 10.5 Å². The van der Waals surface area contributed by atoms with Crippen LogP contribution in [0, 0.1) is 0 Å². The van der Waals surface area contributed by atoms with E-state index in [-0.39, 0.29) is 5.60 Å². The maximum Gasteiger partial charge on any atom is 0.200 e. The van der Waals surface area contributed by atoms with E-state index in [2.05, 4.69) is 9.36 Å². The number of ether oxygens (including phenoxy) is 1. The fourth-order valence-electron chi connectivity index (χ4n) is 2.06. The van der Waals surface area contributed by atoms with Crippen molar-refractivity contribution in [3.05, 3.63) is 5.82 Å². The lowest BCUT2D eigenvalue weighted by Crippen LogP contribution is -2.32. The van der Waals surface area contributed by atoms with Crippen molar-refractivity contribution in [1.82, 2.24) is 9.36 Å². The molecule has 1 aliphatic carbocycles. The Kier molecular flexibility index (Phi) is 2.69. The SMILES string of the molecule is COC1(c2nsc(N)n2)CCCCC1. The van der Waals surface area contributed by atoms with Crippen LogP contribution in [-0.4, -0.2) is 16.5 Å².